The molecule has 2 aromatic carbocycles. The highest BCUT2D eigenvalue weighted by atomic mass is 19.4. The lowest BCUT2D eigenvalue weighted by Crippen LogP contribution is -2.28. The smallest absolute Gasteiger partial charge is 0.363 e. The first-order valence-electron chi connectivity index (χ1n) is 11.0. The van der Waals surface area contributed by atoms with Crippen LogP contribution in [0.15, 0.2) is 47.5 Å². The van der Waals surface area contributed by atoms with Crippen molar-refractivity contribution >= 4 is 5.84 Å². The van der Waals surface area contributed by atoms with Gasteiger partial charge in [0, 0.05) is 26.7 Å². The molecule has 174 valence electrons. The molecule has 0 fully saturated rings. The number of nitrogens with zero attached hydrogens (tertiary/aromatic N) is 2. The number of benzene rings is 2. The second-order valence-electron chi connectivity index (χ2n) is 7.48. The summed E-state index contributed by atoms with van der Waals surface area (Å²) in [6.45, 7) is 14.5. The number of aliphatic imine (C=N–C) groups is 1. The highest BCUT2D eigenvalue weighted by Gasteiger charge is 2.31. The van der Waals surface area contributed by atoms with E-state index in [0.29, 0.717) is 0 Å². The van der Waals surface area contributed by atoms with E-state index in [9.17, 15) is 13.2 Å². The van der Waals surface area contributed by atoms with Gasteiger partial charge in [0.15, 0.2) is 0 Å². The summed E-state index contributed by atoms with van der Waals surface area (Å²) < 4.78 is 38.8. The summed E-state index contributed by atoms with van der Waals surface area (Å²) in [4.78, 5) is 6.41. The van der Waals surface area contributed by atoms with Crippen LogP contribution in [0.4, 0.5) is 13.2 Å². The summed E-state index contributed by atoms with van der Waals surface area (Å²) in [6, 6.07) is 11.3. The Balaban J connectivity index is 0.00000212. The van der Waals surface area contributed by atoms with Crippen LogP contribution in [0.1, 0.15) is 71.6 Å². The van der Waals surface area contributed by atoms with Crippen molar-refractivity contribution in [1.82, 2.24) is 4.90 Å². The lowest BCUT2D eigenvalue weighted by Gasteiger charge is -2.30. The molecule has 0 atom stereocenters. The monoisotopic (exact) mass is 436 g/mol. The van der Waals surface area contributed by atoms with Crippen LogP contribution >= 0.6 is 0 Å². The van der Waals surface area contributed by atoms with Gasteiger partial charge in [-0.05, 0) is 40.7 Å². The third kappa shape index (κ3) is 7.12. The molecule has 2 aromatic rings. The maximum atomic E-state index is 12.9. The van der Waals surface area contributed by atoms with Gasteiger partial charge in [-0.1, -0.05) is 78.8 Å². The highest BCUT2D eigenvalue weighted by molar-refractivity contribution is 6.05. The SMILES string of the molecule is CC.CC.CCC(C)(C)c1cccc(-c2ccc(C(F)(F)F)cc2)c1C(=NC)N(C)C. The fourth-order valence-electron chi connectivity index (χ4n) is 3.16. The minimum absolute atomic E-state index is 0.0940. The number of amidine groups is 1. The van der Waals surface area contributed by atoms with Gasteiger partial charge in [-0.2, -0.15) is 13.2 Å². The molecule has 0 spiro atoms. The summed E-state index contributed by atoms with van der Waals surface area (Å²) >= 11 is 0. The Hall–Kier alpha value is -2.30. The van der Waals surface area contributed by atoms with Crippen LogP contribution in [0.5, 0.6) is 0 Å². The van der Waals surface area contributed by atoms with E-state index < -0.39 is 11.7 Å². The highest BCUT2D eigenvalue weighted by Crippen LogP contribution is 2.37. The summed E-state index contributed by atoms with van der Waals surface area (Å²) in [7, 11) is 5.59. The second-order valence-corrected chi connectivity index (χ2v) is 7.48. The Morgan fingerprint density at radius 3 is 1.81 bits per heavy atom. The molecular weight excluding hydrogens is 397 g/mol. The standard InChI is InChI=1S/C22H27F3N2.2C2H6/c1-7-21(2,3)18-10-8-9-17(19(18)20(26-4)27(5)6)15-11-13-16(14-12-15)22(23,24)25;2*1-2/h8-14H,7H2,1-6H3;2*1-2H3. The predicted molar refractivity (Wildman–Crippen MR) is 129 cm³/mol. The van der Waals surface area contributed by atoms with Gasteiger partial charge in [-0.3, -0.25) is 4.99 Å². The zero-order chi connectivity index (χ0) is 24.4. The van der Waals surface area contributed by atoms with Crippen molar-refractivity contribution in [3.05, 3.63) is 59.2 Å². The first-order chi connectivity index (χ1) is 14.5. The third-order valence-electron chi connectivity index (χ3n) is 5.06. The molecule has 0 unspecified atom stereocenters. The summed E-state index contributed by atoms with van der Waals surface area (Å²) in [5.41, 5.74) is 3.00. The second kappa shape index (κ2) is 12.5. The Morgan fingerprint density at radius 2 is 1.42 bits per heavy atom. The first-order valence-corrected chi connectivity index (χ1v) is 11.0. The van der Waals surface area contributed by atoms with E-state index in [-0.39, 0.29) is 5.41 Å². The van der Waals surface area contributed by atoms with Crippen molar-refractivity contribution in [2.75, 3.05) is 21.1 Å². The molecule has 31 heavy (non-hydrogen) atoms. The number of rotatable bonds is 4. The molecule has 2 rings (SSSR count). The fraction of sp³-hybridized carbons (Fsp3) is 0.500. The maximum Gasteiger partial charge on any atom is 0.416 e. The van der Waals surface area contributed by atoms with Crippen molar-refractivity contribution in [2.24, 2.45) is 4.99 Å². The lowest BCUT2D eigenvalue weighted by atomic mass is 9.77. The van der Waals surface area contributed by atoms with Gasteiger partial charge < -0.3 is 4.90 Å². The van der Waals surface area contributed by atoms with Gasteiger partial charge in [-0.15, -0.1) is 0 Å². The van der Waals surface area contributed by atoms with Crippen molar-refractivity contribution in [2.45, 2.75) is 66.5 Å². The van der Waals surface area contributed by atoms with Gasteiger partial charge in [0.05, 0.1) is 5.56 Å². The van der Waals surface area contributed by atoms with Crippen molar-refractivity contribution < 1.29 is 13.2 Å². The molecule has 5 heteroatoms. The average molecular weight is 437 g/mol. The Kier molecular flexibility index (Phi) is 11.6. The first kappa shape index (κ1) is 28.7. The number of alkyl halides is 3. The van der Waals surface area contributed by atoms with Crippen LogP contribution in [-0.2, 0) is 11.6 Å². The van der Waals surface area contributed by atoms with E-state index in [1.54, 1.807) is 7.05 Å². The van der Waals surface area contributed by atoms with E-state index in [2.05, 4.69) is 31.8 Å². The lowest BCUT2D eigenvalue weighted by molar-refractivity contribution is -0.137. The largest absolute Gasteiger partial charge is 0.416 e. The third-order valence-corrected chi connectivity index (χ3v) is 5.06. The molecule has 0 N–H and O–H groups in total. The number of hydrogen-bond acceptors (Lipinski definition) is 1. The summed E-state index contributed by atoms with van der Waals surface area (Å²) in [5, 5.41) is 0. The van der Waals surface area contributed by atoms with Gasteiger partial charge in [0.1, 0.15) is 5.84 Å². The molecule has 0 aromatic heterocycles. The molecular formula is C26H39F3N2. The maximum absolute atomic E-state index is 12.9. The van der Waals surface area contributed by atoms with Gasteiger partial charge in [0.2, 0.25) is 0 Å². The normalized spacial score (nSPS) is 11.7. The van der Waals surface area contributed by atoms with Crippen molar-refractivity contribution in [1.29, 1.82) is 0 Å². The molecule has 0 amide bonds. The van der Waals surface area contributed by atoms with Crippen LogP contribution in [0, 0.1) is 0 Å². The topological polar surface area (TPSA) is 15.6 Å². The molecule has 0 aliphatic rings. The minimum atomic E-state index is -4.34. The Bertz CT molecular complexity index is 818. The van der Waals surface area contributed by atoms with E-state index in [0.717, 1.165) is 46.6 Å². The molecule has 0 radical (unpaired) electrons. The Morgan fingerprint density at radius 1 is 0.903 bits per heavy atom. The number of halogens is 3. The molecule has 2 nitrogen and oxygen atoms in total. The minimum Gasteiger partial charge on any atom is -0.363 e. The van der Waals surface area contributed by atoms with E-state index in [1.807, 2.05) is 58.8 Å². The zero-order valence-electron chi connectivity index (χ0n) is 20.8. The summed E-state index contributed by atoms with van der Waals surface area (Å²) in [5.74, 6) is 0.807. The number of hydrogen-bond donors (Lipinski definition) is 0. The van der Waals surface area contributed by atoms with Gasteiger partial charge >= 0.3 is 6.18 Å². The van der Waals surface area contributed by atoms with Crippen molar-refractivity contribution in [3.63, 3.8) is 0 Å². The van der Waals surface area contributed by atoms with Crippen LogP contribution in [-0.4, -0.2) is 31.9 Å². The molecule has 0 heterocycles. The summed E-state index contributed by atoms with van der Waals surface area (Å²) in [6.07, 6.45) is -3.41. The molecule has 0 aliphatic carbocycles. The molecule has 0 saturated heterocycles. The van der Waals surface area contributed by atoms with E-state index in [1.165, 1.54) is 12.1 Å². The molecule has 0 aliphatic heterocycles. The zero-order valence-corrected chi connectivity index (χ0v) is 20.8. The van der Waals surface area contributed by atoms with E-state index >= 15 is 0 Å². The Labute approximate surface area is 187 Å². The predicted octanol–water partition coefficient (Wildman–Crippen LogP) is 8.05. The molecule has 0 saturated carbocycles. The van der Waals surface area contributed by atoms with Crippen LogP contribution < -0.4 is 0 Å². The van der Waals surface area contributed by atoms with Crippen LogP contribution in [0.2, 0.25) is 0 Å². The molecule has 0 bridgehead atoms. The van der Waals surface area contributed by atoms with Crippen LogP contribution in [0.3, 0.4) is 0 Å². The fourth-order valence-corrected chi connectivity index (χ4v) is 3.16. The van der Waals surface area contributed by atoms with Gasteiger partial charge in [0.25, 0.3) is 0 Å². The average Bonchev–Trinajstić information content (AvgIpc) is 2.76. The van der Waals surface area contributed by atoms with Crippen molar-refractivity contribution in [3.8, 4) is 11.1 Å². The van der Waals surface area contributed by atoms with Gasteiger partial charge in [-0.25, -0.2) is 0 Å². The van der Waals surface area contributed by atoms with Crippen LogP contribution in [0.25, 0.3) is 11.1 Å². The quantitative estimate of drug-likeness (QED) is 0.350. The van der Waals surface area contributed by atoms with E-state index in [4.69, 9.17) is 0 Å².